The van der Waals surface area contributed by atoms with Crippen LogP contribution in [-0.2, 0) is 9.53 Å². The Labute approximate surface area is 102 Å². The predicted molar refractivity (Wildman–Crippen MR) is 58.7 cm³/mol. The van der Waals surface area contributed by atoms with Crippen molar-refractivity contribution < 1.29 is 27.8 Å². The van der Waals surface area contributed by atoms with E-state index in [0.717, 1.165) is 13.2 Å². The summed E-state index contributed by atoms with van der Waals surface area (Å²) >= 11 is 0. The Hall–Kier alpha value is -2.18. The van der Waals surface area contributed by atoms with Crippen molar-refractivity contribution in [1.82, 2.24) is 0 Å². The maximum Gasteiger partial charge on any atom is 0.387 e. The van der Waals surface area contributed by atoms with Crippen molar-refractivity contribution in [3.8, 4) is 5.75 Å². The van der Waals surface area contributed by atoms with Gasteiger partial charge in [0.25, 0.3) is 0 Å². The molecule has 0 unspecified atom stereocenters. The van der Waals surface area contributed by atoms with Gasteiger partial charge in [-0.3, -0.25) is 4.79 Å². The van der Waals surface area contributed by atoms with Crippen LogP contribution in [0.4, 0.5) is 14.5 Å². The smallest absolute Gasteiger partial charge is 0.387 e. The molecule has 0 saturated carbocycles. The monoisotopic (exact) mass is 259 g/mol. The van der Waals surface area contributed by atoms with Crippen molar-refractivity contribution in [2.75, 3.05) is 12.4 Å². The predicted octanol–water partition coefficient (Wildman–Crippen LogP) is 2.03. The second-order valence-electron chi connectivity index (χ2n) is 3.26. The number of halogens is 2. The van der Waals surface area contributed by atoms with Gasteiger partial charge in [-0.2, -0.15) is 8.78 Å². The molecule has 0 aliphatic rings. The van der Waals surface area contributed by atoms with Gasteiger partial charge in [-0.15, -0.1) is 0 Å². The van der Waals surface area contributed by atoms with E-state index in [1.54, 1.807) is 0 Å². The number of carbonyl (C=O) groups excluding carboxylic acids is 2. The first-order valence-electron chi connectivity index (χ1n) is 4.88. The summed E-state index contributed by atoms with van der Waals surface area (Å²) in [6.45, 7) is -1.78. The third-order valence-corrected chi connectivity index (χ3v) is 1.92. The fraction of sp³-hybridized carbons (Fsp3) is 0.273. The summed E-state index contributed by atoms with van der Waals surface area (Å²) in [5, 5.41) is 2.41. The first-order valence-corrected chi connectivity index (χ1v) is 4.88. The Morgan fingerprint density at radius 3 is 2.50 bits per heavy atom. The van der Waals surface area contributed by atoms with Crippen LogP contribution in [0.5, 0.6) is 5.75 Å². The van der Waals surface area contributed by atoms with E-state index in [1.807, 2.05) is 0 Å². The zero-order chi connectivity index (χ0) is 13.7. The maximum absolute atomic E-state index is 12.1. The molecule has 1 amide bonds. The van der Waals surface area contributed by atoms with Gasteiger partial charge in [-0.05, 0) is 18.2 Å². The van der Waals surface area contributed by atoms with Crippen molar-refractivity contribution in [1.29, 1.82) is 0 Å². The Morgan fingerprint density at radius 2 is 2.00 bits per heavy atom. The Bertz CT molecular complexity index is 462. The number of esters is 1. The molecule has 0 aliphatic carbocycles. The summed E-state index contributed by atoms with van der Waals surface area (Å²) in [6.07, 6.45) is 0. The molecule has 18 heavy (non-hydrogen) atoms. The quantitative estimate of drug-likeness (QED) is 0.840. The molecule has 0 aliphatic heterocycles. The molecule has 1 aromatic rings. The van der Waals surface area contributed by atoms with Gasteiger partial charge in [-0.1, -0.05) is 0 Å². The van der Waals surface area contributed by atoms with Crippen LogP contribution < -0.4 is 10.1 Å². The second kappa shape index (κ2) is 5.95. The lowest BCUT2D eigenvalue weighted by Gasteiger charge is -2.11. The van der Waals surface area contributed by atoms with E-state index in [9.17, 15) is 18.4 Å². The molecule has 1 rings (SSSR count). The number of rotatable bonds is 4. The van der Waals surface area contributed by atoms with Crippen molar-refractivity contribution in [2.24, 2.45) is 0 Å². The van der Waals surface area contributed by atoms with Crippen LogP contribution in [0, 0.1) is 0 Å². The van der Waals surface area contributed by atoms with Gasteiger partial charge in [0.05, 0.1) is 7.11 Å². The number of alkyl halides is 2. The Morgan fingerprint density at radius 1 is 1.33 bits per heavy atom. The van der Waals surface area contributed by atoms with Gasteiger partial charge in [0.1, 0.15) is 11.3 Å². The highest BCUT2D eigenvalue weighted by atomic mass is 19.3. The van der Waals surface area contributed by atoms with Crippen LogP contribution in [0.25, 0.3) is 0 Å². The summed E-state index contributed by atoms with van der Waals surface area (Å²) in [7, 11) is 1.11. The summed E-state index contributed by atoms with van der Waals surface area (Å²) in [6, 6.07) is 3.69. The van der Waals surface area contributed by atoms with E-state index in [-0.39, 0.29) is 22.9 Å². The molecule has 0 aromatic heterocycles. The van der Waals surface area contributed by atoms with Crippen molar-refractivity contribution in [3.63, 3.8) is 0 Å². The summed E-state index contributed by atoms with van der Waals surface area (Å²) in [5.74, 6) is -1.50. The molecule has 0 bridgehead atoms. The standard InChI is InChI=1S/C11H11F2NO4/c1-6(15)14-7-3-4-9(18-11(12)13)8(5-7)10(16)17-2/h3-5,11H,1-2H3,(H,14,15). The average Bonchev–Trinajstić information content (AvgIpc) is 2.28. The summed E-state index contributed by atoms with van der Waals surface area (Å²) in [5.41, 5.74) is 0.0913. The van der Waals surface area contributed by atoms with Gasteiger partial charge < -0.3 is 14.8 Å². The third kappa shape index (κ3) is 3.69. The first-order chi connectivity index (χ1) is 8.43. The van der Waals surface area contributed by atoms with E-state index in [2.05, 4.69) is 14.8 Å². The van der Waals surface area contributed by atoms with E-state index >= 15 is 0 Å². The highest BCUT2D eigenvalue weighted by Gasteiger charge is 2.17. The molecular weight excluding hydrogens is 248 g/mol. The van der Waals surface area contributed by atoms with Crippen LogP contribution in [0.3, 0.4) is 0 Å². The van der Waals surface area contributed by atoms with Gasteiger partial charge >= 0.3 is 12.6 Å². The van der Waals surface area contributed by atoms with Gasteiger partial charge in [0, 0.05) is 12.6 Å². The number of benzene rings is 1. The fourth-order valence-electron chi connectivity index (χ4n) is 1.28. The lowest BCUT2D eigenvalue weighted by Crippen LogP contribution is -2.11. The fourth-order valence-corrected chi connectivity index (χ4v) is 1.28. The van der Waals surface area contributed by atoms with Crippen LogP contribution in [0.1, 0.15) is 17.3 Å². The van der Waals surface area contributed by atoms with Gasteiger partial charge in [0.2, 0.25) is 5.91 Å². The first kappa shape index (κ1) is 13.9. The van der Waals surface area contributed by atoms with Crippen LogP contribution in [-0.4, -0.2) is 25.6 Å². The highest BCUT2D eigenvalue weighted by molar-refractivity contribution is 5.96. The largest absolute Gasteiger partial charge is 0.465 e. The van der Waals surface area contributed by atoms with Crippen molar-refractivity contribution in [2.45, 2.75) is 13.5 Å². The molecule has 0 radical (unpaired) electrons. The average molecular weight is 259 g/mol. The molecule has 0 spiro atoms. The lowest BCUT2D eigenvalue weighted by atomic mass is 10.1. The normalized spacial score (nSPS) is 10.1. The zero-order valence-corrected chi connectivity index (χ0v) is 9.70. The number of ether oxygens (including phenoxy) is 2. The van der Waals surface area contributed by atoms with E-state index in [0.29, 0.717) is 0 Å². The number of anilines is 1. The van der Waals surface area contributed by atoms with Crippen molar-refractivity contribution >= 4 is 17.6 Å². The Balaban J connectivity index is 3.11. The minimum absolute atomic E-state index is 0.191. The maximum atomic E-state index is 12.1. The van der Waals surface area contributed by atoms with E-state index in [4.69, 9.17) is 0 Å². The van der Waals surface area contributed by atoms with Crippen molar-refractivity contribution in [3.05, 3.63) is 23.8 Å². The SMILES string of the molecule is COC(=O)c1cc(NC(C)=O)ccc1OC(F)F. The zero-order valence-electron chi connectivity index (χ0n) is 9.70. The minimum atomic E-state index is -3.06. The molecule has 98 valence electrons. The molecule has 0 fully saturated rings. The molecule has 1 aromatic carbocycles. The van der Waals surface area contributed by atoms with Gasteiger partial charge in [0.15, 0.2) is 0 Å². The lowest BCUT2D eigenvalue weighted by molar-refractivity contribution is -0.114. The minimum Gasteiger partial charge on any atom is -0.465 e. The van der Waals surface area contributed by atoms with Crippen LogP contribution >= 0.6 is 0 Å². The molecule has 5 nitrogen and oxygen atoms in total. The molecule has 7 heteroatoms. The highest BCUT2D eigenvalue weighted by Crippen LogP contribution is 2.25. The second-order valence-corrected chi connectivity index (χ2v) is 3.26. The molecule has 1 N–H and O–H groups in total. The number of amides is 1. The third-order valence-electron chi connectivity index (χ3n) is 1.92. The topological polar surface area (TPSA) is 64.6 Å². The Kier molecular flexibility index (Phi) is 4.59. The van der Waals surface area contributed by atoms with E-state index < -0.39 is 12.6 Å². The number of hydrogen-bond acceptors (Lipinski definition) is 4. The van der Waals surface area contributed by atoms with Crippen LogP contribution in [0.2, 0.25) is 0 Å². The van der Waals surface area contributed by atoms with E-state index in [1.165, 1.54) is 19.1 Å². The molecular formula is C11H11F2NO4. The molecule has 0 heterocycles. The number of nitrogens with one attached hydrogen (secondary N) is 1. The molecule has 0 atom stereocenters. The summed E-state index contributed by atoms with van der Waals surface area (Å²) < 4.78 is 32.9. The number of hydrogen-bond donors (Lipinski definition) is 1. The van der Waals surface area contributed by atoms with Gasteiger partial charge in [-0.25, -0.2) is 4.79 Å². The number of methoxy groups -OCH3 is 1. The van der Waals surface area contributed by atoms with Crippen LogP contribution in [0.15, 0.2) is 18.2 Å². The summed E-state index contributed by atoms with van der Waals surface area (Å²) in [4.78, 5) is 22.2. The molecule has 0 saturated heterocycles. The number of carbonyl (C=O) groups is 2.